The number of hydrogen-bond donors (Lipinski definition) is 1. The summed E-state index contributed by atoms with van der Waals surface area (Å²) in [7, 11) is 0. The molecular formula is C15H27NO4. The monoisotopic (exact) mass is 286 g/mol. The van der Waals surface area contributed by atoms with Crippen LogP contribution in [0.2, 0.25) is 0 Å². The fourth-order valence-corrected chi connectivity index (χ4v) is 2.49. The predicted octanol–water partition coefficient (Wildman–Crippen LogP) is 2.44. The van der Waals surface area contributed by atoms with Crippen molar-refractivity contribution in [2.75, 3.05) is 6.52 Å². The first kappa shape index (κ1) is 15.3. The molecule has 0 radical (unpaired) electrons. The van der Waals surface area contributed by atoms with Crippen molar-refractivity contribution in [1.82, 2.24) is 4.90 Å². The van der Waals surface area contributed by atoms with E-state index in [0.717, 1.165) is 32.1 Å². The number of esters is 1. The molecule has 0 heterocycles. The van der Waals surface area contributed by atoms with Gasteiger partial charge in [-0.1, -0.05) is 19.3 Å². The Morgan fingerprint density at radius 3 is 2.35 bits per heavy atom. The first-order valence-electron chi connectivity index (χ1n) is 7.86. The number of carbonyl (C=O) groups excluding carboxylic acids is 1. The van der Waals surface area contributed by atoms with Crippen molar-refractivity contribution in [3.63, 3.8) is 0 Å². The molecule has 0 bridgehead atoms. The Morgan fingerprint density at radius 2 is 1.90 bits per heavy atom. The van der Waals surface area contributed by atoms with Gasteiger partial charge in [-0.05, 0) is 40.5 Å². The Balaban J connectivity index is 2.88. The molecule has 1 fully saturated rings. The molecule has 1 aliphatic carbocycles. The Hall–Kier alpha value is -1.10. The van der Waals surface area contributed by atoms with Crippen LogP contribution in [0.25, 0.3) is 0 Å². The molecule has 0 saturated heterocycles. The summed E-state index contributed by atoms with van der Waals surface area (Å²) in [6, 6.07) is -0.914. The predicted molar refractivity (Wildman–Crippen MR) is 76.5 cm³/mol. The van der Waals surface area contributed by atoms with Crippen LogP contribution in [0.1, 0.15) is 61.2 Å². The van der Waals surface area contributed by atoms with E-state index in [-0.39, 0.29) is 6.04 Å². The summed E-state index contributed by atoms with van der Waals surface area (Å²) in [6.45, 7) is 5.46. The third-order valence-electron chi connectivity index (χ3n) is 3.46. The molecule has 5 nitrogen and oxygen atoms in total. The van der Waals surface area contributed by atoms with Gasteiger partial charge in [-0.25, -0.2) is 0 Å². The van der Waals surface area contributed by atoms with E-state index >= 15 is 0 Å². The fourth-order valence-electron chi connectivity index (χ4n) is 2.49. The van der Waals surface area contributed by atoms with E-state index in [1.54, 1.807) is 20.8 Å². The fraction of sp³-hybridized carbons (Fsp3) is 0.867. The van der Waals surface area contributed by atoms with Crippen molar-refractivity contribution >= 4 is 11.9 Å². The summed E-state index contributed by atoms with van der Waals surface area (Å²) >= 11 is 0. The highest BCUT2D eigenvalue weighted by molar-refractivity contribution is 5.76. The number of rotatable bonds is 5. The van der Waals surface area contributed by atoms with Gasteiger partial charge in [0.2, 0.25) is 0 Å². The van der Waals surface area contributed by atoms with E-state index in [1.807, 2.05) is 0 Å². The smallest absolute Gasteiger partial charge is 0.320 e. The van der Waals surface area contributed by atoms with Gasteiger partial charge in [-0.3, -0.25) is 14.5 Å². The zero-order chi connectivity index (χ0) is 16.2. The molecule has 0 aromatic heterocycles. The van der Waals surface area contributed by atoms with E-state index in [4.69, 9.17) is 6.11 Å². The second-order valence-corrected chi connectivity index (χ2v) is 6.42. The van der Waals surface area contributed by atoms with Crippen molar-refractivity contribution in [2.24, 2.45) is 0 Å². The van der Waals surface area contributed by atoms with Gasteiger partial charge in [0, 0.05) is 6.04 Å². The van der Waals surface area contributed by atoms with Crippen LogP contribution < -0.4 is 0 Å². The Morgan fingerprint density at radius 1 is 1.35 bits per heavy atom. The largest absolute Gasteiger partial charge is 0.480 e. The standard InChI is InChI=1S/C15H27NO4/c1-11(14(18)19)16(12-8-6-5-7-9-12)10-13(17)20-15(2,3)4/h11-12H,5-10H2,1-4H3,(H,18,19)/t11-/m0/s1/i10D/t10?,11-. The minimum atomic E-state index is -1.29. The lowest BCUT2D eigenvalue weighted by molar-refractivity contribution is -0.159. The molecule has 1 saturated carbocycles. The maximum absolute atomic E-state index is 12.1. The molecule has 0 aliphatic heterocycles. The van der Waals surface area contributed by atoms with Crippen molar-refractivity contribution in [3.05, 3.63) is 0 Å². The average Bonchev–Trinajstić information content (AvgIpc) is 2.37. The van der Waals surface area contributed by atoms with E-state index in [2.05, 4.69) is 0 Å². The van der Waals surface area contributed by atoms with Gasteiger partial charge in [0.15, 0.2) is 0 Å². The molecule has 1 aliphatic rings. The van der Waals surface area contributed by atoms with Gasteiger partial charge in [-0.15, -0.1) is 0 Å². The molecule has 20 heavy (non-hydrogen) atoms. The molecule has 1 unspecified atom stereocenters. The summed E-state index contributed by atoms with van der Waals surface area (Å²) < 4.78 is 13.4. The van der Waals surface area contributed by atoms with Crippen LogP contribution >= 0.6 is 0 Å². The summed E-state index contributed by atoms with van der Waals surface area (Å²) in [6.07, 6.45) is 4.80. The molecule has 1 N–H and O–H groups in total. The van der Waals surface area contributed by atoms with Gasteiger partial charge in [-0.2, -0.15) is 0 Å². The number of aliphatic carboxylic acids is 1. The molecule has 2 atom stereocenters. The molecule has 5 heteroatoms. The van der Waals surface area contributed by atoms with Crippen LogP contribution in [0.5, 0.6) is 0 Å². The van der Waals surface area contributed by atoms with Crippen molar-refractivity contribution in [2.45, 2.75) is 77.5 Å². The molecule has 116 valence electrons. The van der Waals surface area contributed by atoms with E-state index < -0.39 is 30.1 Å². The number of hydrogen-bond acceptors (Lipinski definition) is 4. The quantitative estimate of drug-likeness (QED) is 0.786. The number of carboxylic acid groups (broad SMARTS) is 1. The van der Waals surface area contributed by atoms with E-state index in [9.17, 15) is 14.7 Å². The molecule has 0 amide bonds. The SMILES string of the molecule is [2H]C(C(=O)OC(C)(C)C)N(C1CCCCC1)[C@@H](C)C(=O)O. The summed E-state index contributed by atoms with van der Waals surface area (Å²) in [5, 5.41) is 9.27. The van der Waals surface area contributed by atoms with E-state index in [0.29, 0.717) is 0 Å². The van der Waals surface area contributed by atoms with Crippen LogP contribution in [-0.4, -0.2) is 46.2 Å². The normalized spacial score (nSPS) is 21.1. The van der Waals surface area contributed by atoms with Crippen LogP contribution in [-0.2, 0) is 14.3 Å². The minimum absolute atomic E-state index is 0.0418. The summed E-state index contributed by atoms with van der Waals surface area (Å²) in [5.74, 6) is -1.69. The molecule has 0 aromatic rings. The molecule has 1 rings (SSSR count). The lowest BCUT2D eigenvalue weighted by Crippen LogP contribution is -2.49. The lowest BCUT2D eigenvalue weighted by Gasteiger charge is -2.36. The zero-order valence-corrected chi connectivity index (χ0v) is 12.9. The van der Waals surface area contributed by atoms with Gasteiger partial charge in [0.1, 0.15) is 11.6 Å². The second-order valence-electron chi connectivity index (χ2n) is 6.42. The van der Waals surface area contributed by atoms with Gasteiger partial charge in [0.05, 0.1) is 7.89 Å². The Bertz CT molecular complexity index is 374. The third kappa shape index (κ3) is 5.49. The first-order chi connectivity index (χ1) is 9.63. The lowest BCUT2D eigenvalue weighted by atomic mass is 9.93. The van der Waals surface area contributed by atoms with Crippen LogP contribution in [0.4, 0.5) is 0 Å². The van der Waals surface area contributed by atoms with Gasteiger partial charge < -0.3 is 9.84 Å². The first-order valence-corrected chi connectivity index (χ1v) is 7.29. The summed E-state index contributed by atoms with van der Waals surface area (Å²) in [5.41, 5.74) is -0.679. The second kappa shape index (κ2) is 7.07. The summed E-state index contributed by atoms with van der Waals surface area (Å²) in [4.78, 5) is 24.9. The van der Waals surface area contributed by atoms with Crippen LogP contribution in [0, 0.1) is 0 Å². The number of carbonyl (C=O) groups is 2. The topological polar surface area (TPSA) is 66.8 Å². The van der Waals surface area contributed by atoms with Crippen LogP contribution in [0.15, 0.2) is 0 Å². The Kier molecular flexibility index (Phi) is 5.40. The van der Waals surface area contributed by atoms with Crippen molar-refractivity contribution in [3.8, 4) is 0 Å². The van der Waals surface area contributed by atoms with E-state index in [1.165, 1.54) is 11.8 Å². The number of ether oxygens (including phenoxy) is 1. The highest BCUT2D eigenvalue weighted by atomic mass is 16.6. The maximum atomic E-state index is 12.1. The number of carboxylic acids is 1. The zero-order valence-electron chi connectivity index (χ0n) is 13.9. The number of nitrogens with zero attached hydrogens (tertiary/aromatic N) is 1. The molecule has 0 aromatic carbocycles. The molecule has 0 spiro atoms. The van der Waals surface area contributed by atoms with Gasteiger partial charge in [0.25, 0.3) is 0 Å². The minimum Gasteiger partial charge on any atom is -0.480 e. The highest BCUT2D eigenvalue weighted by Gasteiger charge is 2.31. The average molecular weight is 286 g/mol. The Labute approximate surface area is 122 Å². The maximum Gasteiger partial charge on any atom is 0.320 e. The van der Waals surface area contributed by atoms with Gasteiger partial charge >= 0.3 is 11.9 Å². The third-order valence-corrected chi connectivity index (χ3v) is 3.46. The van der Waals surface area contributed by atoms with Crippen molar-refractivity contribution < 1.29 is 20.8 Å². The highest BCUT2D eigenvalue weighted by Crippen LogP contribution is 2.24. The molecular weight excluding hydrogens is 258 g/mol. The van der Waals surface area contributed by atoms with Crippen LogP contribution in [0.3, 0.4) is 0 Å². The van der Waals surface area contributed by atoms with Crippen molar-refractivity contribution in [1.29, 1.82) is 0 Å².